The minimum atomic E-state index is -0.471. The number of rotatable bonds is 5. The summed E-state index contributed by atoms with van der Waals surface area (Å²) in [5.41, 5.74) is 12.3. The van der Waals surface area contributed by atoms with Gasteiger partial charge in [0, 0.05) is 18.3 Å². The van der Waals surface area contributed by atoms with Gasteiger partial charge in [-0.15, -0.1) is 0 Å². The largest absolute Gasteiger partial charge is 0.368 e. The van der Waals surface area contributed by atoms with Gasteiger partial charge < -0.3 is 22.1 Å². The van der Waals surface area contributed by atoms with Crippen LogP contribution >= 0.6 is 11.8 Å². The monoisotopic (exact) mass is 347 g/mol. The summed E-state index contributed by atoms with van der Waals surface area (Å²) in [4.78, 5) is 34.7. The van der Waals surface area contributed by atoms with Crippen molar-refractivity contribution >= 4 is 46.8 Å². The summed E-state index contributed by atoms with van der Waals surface area (Å²) in [6.07, 6.45) is 0. The number of carbonyl (C=O) groups excluding carboxylic acids is 2. The third kappa shape index (κ3) is 5.09. The quantitative estimate of drug-likeness (QED) is 0.588. The number of nitrogens with two attached hydrogens (primary N) is 2. The Bertz CT molecular complexity index is 731. The summed E-state index contributed by atoms with van der Waals surface area (Å²) in [6, 6.07) is 6.78. The molecule has 0 saturated carbocycles. The minimum absolute atomic E-state index is 0.00571. The van der Waals surface area contributed by atoms with E-state index >= 15 is 0 Å². The van der Waals surface area contributed by atoms with Crippen molar-refractivity contribution in [1.82, 2.24) is 15.0 Å². The number of anilines is 4. The van der Waals surface area contributed by atoms with E-state index in [2.05, 4.69) is 25.6 Å². The lowest BCUT2D eigenvalue weighted by atomic mass is 10.2. The zero-order valence-corrected chi connectivity index (χ0v) is 13.9. The Morgan fingerprint density at radius 3 is 2.00 bits per heavy atom. The Hall–Kier alpha value is -2.88. The van der Waals surface area contributed by atoms with E-state index in [1.54, 1.807) is 31.2 Å². The van der Waals surface area contributed by atoms with Gasteiger partial charge in [-0.25, -0.2) is 0 Å². The second-order valence-electron chi connectivity index (χ2n) is 4.84. The van der Waals surface area contributed by atoms with Crippen LogP contribution in [0.15, 0.2) is 29.4 Å². The molecule has 0 aliphatic heterocycles. The summed E-state index contributed by atoms with van der Waals surface area (Å²) in [7, 11) is 0. The van der Waals surface area contributed by atoms with Crippen LogP contribution in [0.25, 0.3) is 0 Å². The van der Waals surface area contributed by atoms with Crippen molar-refractivity contribution in [3.8, 4) is 0 Å². The van der Waals surface area contributed by atoms with Gasteiger partial charge >= 0.3 is 0 Å². The van der Waals surface area contributed by atoms with Crippen molar-refractivity contribution in [2.45, 2.75) is 24.3 Å². The highest BCUT2D eigenvalue weighted by atomic mass is 32.2. The molecule has 0 spiro atoms. The molecule has 0 fully saturated rings. The Kier molecular flexibility index (Phi) is 5.53. The molecule has 0 saturated heterocycles. The highest BCUT2D eigenvalue weighted by Crippen LogP contribution is 2.22. The number of thioether (sulfide) groups is 1. The Morgan fingerprint density at radius 2 is 1.50 bits per heavy atom. The van der Waals surface area contributed by atoms with Crippen LogP contribution in [0.3, 0.4) is 0 Å². The van der Waals surface area contributed by atoms with E-state index in [9.17, 15) is 9.59 Å². The van der Waals surface area contributed by atoms with Crippen LogP contribution in [0.5, 0.6) is 0 Å². The van der Waals surface area contributed by atoms with Gasteiger partial charge in [0.15, 0.2) is 5.16 Å². The smallest absolute Gasteiger partial charge is 0.237 e. The lowest BCUT2D eigenvalue weighted by Gasteiger charge is -2.12. The second kappa shape index (κ2) is 7.59. The zero-order valence-electron chi connectivity index (χ0n) is 13.1. The molecule has 0 bridgehead atoms. The second-order valence-corrected chi connectivity index (χ2v) is 6.15. The fraction of sp³-hybridized carbons (Fsp3) is 0.214. The summed E-state index contributed by atoms with van der Waals surface area (Å²) in [5, 5.41) is 5.23. The van der Waals surface area contributed by atoms with E-state index in [0.717, 1.165) is 11.8 Å². The van der Waals surface area contributed by atoms with Crippen LogP contribution in [-0.2, 0) is 9.59 Å². The number of amides is 2. The first kappa shape index (κ1) is 17.5. The predicted molar refractivity (Wildman–Crippen MR) is 93.3 cm³/mol. The van der Waals surface area contributed by atoms with Gasteiger partial charge in [0.25, 0.3) is 0 Å². The third-order valence-electron chi connectivity index (χ3n) is 2.77. The highest BCUT2D eigenvalue weighted by molar-refractivity contribution is 8.00. The van der Waals surface area contributed by atoms with E-state index in [1.807, 2.05) is 0 Å². The molecule has 0 radical (unpaired) electrons. The topological polar surface area (TPSA) is 149 Å². The van der Waals surface area contributed by atoms with Crippen LogP contribution in [-0.4, -0.2) is 32.0 Å². The normalized spacial score (nSPS) is 11.6. The van der Waals surface area contributed by atoms with Crippen molar-refractivity contribution in [3.05, 3.63) is 24.3 Å². The Morgan fingerprint density at radius 1 is 1.00 bits per heavy atom. The average molecular weight is 347 g/mol. The van der Waals surface area contributed by atoms with Gasteiger partial charge in [0.05, 0.1) is 5.25 Å². The third-order valence-corrected chi connectivity index (χ3v) is 3.73. The molecule has 126 valence electrons. The van der Waals surface area contributed by atoms with Gasteiger partial charge in [-0.2, -0.15) is 15.0 Å². The maximum atomic E-state index is 12.2. The zero-order chi connectivity index (χ0) is 17.7. The highest BCUT2D eigenvalue weighted by Gasteiger charge is 2.17. The van der Waals surface area contributed by atoms with E-state index in [0.29, 0.717) is 11.4 Å². The van der Waals surface area contributed by atoms with Gasteiger partial charge in [-0.3, -0.25) is 9.59 Å². The fourth-order valence-electron chi connectivity index (χ4n) is 1.74. The summed E-state index contributed by atoms with van der Waals surface area (Å²) >= 11 is 1.12. The summed E-state index contributed by atoms with van der Waals surface area (Å²) in [6.45, 7) is 3.14. The van der Waals surface area contributed by atoms with Crippen molar-refractivity contribution in [2.24, 2.45) is 0 Å². The molecule has 1 aromatic heterocycles. The number of aromatic nitrogens is 3. The SMILES string of the molecule is CC(=O)Nc1ccc(NC(=O)[C@H](C)Sc2nc(N)nc(N)n2)cc1. The van der Waals surface area contributed by atoms with E-state index < -0.39 is 5.25 Å². The van der Waals surface area contributed by atoms with Crippen LogP contribution < -0.4 is 22.1 Å². The number of nitrogens with one attached hydrogen (secondary N) is 2. The number of benzene rings is 1. The van der Waals surface area contributed by atoms with Crippen molar-refractivity contribution in [1.29, 1.82) is 0 Å². The molecule has 2 amide bonds. The first-order chi connectivity index (χ1) is 11.3. The molecule has 1 aromatic carbocycles. The minimum Gasteiger partial charge on any atom is -0.368 e. The standard InChI is InChI=1S/C14H17N7O2S/c1-7(24-14-20-12(15)19-13(16)21-14)11(23)18-10-5-3-9(4-6-10)17-8(2)22/h3-7H,1-2H3,(H,17,22)(H,18,23)(H4,15,16,19,20,21)/t7-/m0/s1. The van der Waals surface area contributed by atoms with Crippen LogP contribution in [0.2, 0.25) is 0 Å². The molecule has 2 rings (SSSR count). The molecule has 1 heterocycles. The van der Waals surface area contributed by atoms with Gasteiger partial charge in [0.1, 0.15) is 0 Å². The lowest BCUT2D eigenvalue weighted by Crippen LogP contribution is -2.22. The Labute approximate surface area is 142 Å². The van der Waals surface area contributed by atoms with Crippen molar-refractivity contribution in [2.75, 3.05) is 22.1 Å². The number of nitrogen functional groups attached to an aromatic ring is 2. The number of hydrogen-bond donors (Lipinski definition) is 4. The number of carbonyl (C=O) groups is 2. The molecular weight excluding hydrogens is 330 g/mol. The first-order valence-corrected chi connectivity index (χ1v) is 7.83. The van der Waals surface area contributed by atoms with Crippen LogP contribution in [0, 0.1) is 0 Å². The van der Waals surface area contributed by atoms with E-state index in [1.165, 1.54) is 6.92 Å². The molecular formula is C14H17N7O2S. The van der Waals surface area contributed by atoms with Crippen molar-refractivity contribution in [3.63, 3.8) is 0 Å². The fourth-order valence-corrected chi connectivity index (χ4v) is 2.51. The molecule has 24 heavy (non-hydrogen) atoms. The molecule has 0 unspecified atom stereocenters. The molecule has 0 aliphatic carbocycles. The molecule has 2 aromatic rings. The summed E-state index contributed by atoms with van der Waals surface area (Å²) < 4.78 is 0. The van der Waals surface area contributed by atoms with Crippen LogP contribution in [0.4, 0.5) is 23.3 Å². The molecule has 0 aliphatic rings. The first-order valence-electron chi connectivity index (χ1n) is 6.95. The summed E-state index contributed by atoms with van der Waals surface area (Å²) in [5.74, 6) is -0.380. The number of hydrogen-bond acceptors (Lipinski definition) is 8. The number of nitrogens with zero attached hydrogens (tertiary/aromatic N) is 3. The van der Waals surface area contributed by atoms with Crippen molar-refractivity contribution < 1.29 is 9.59 Å². The van der Waals surface area contributed by atoms with Crippen LogP contribution in [0.1, 0.15) is 13.8 Å². The maximum Gasteiger partial charge on any atom is 0.237 e. The predicted octanol–water partition coefficient (Wildman–Crippen LogP) is 1.11. The van der Waals surface area contributed by atoms with E-state index in [-0.39, 0.29) is 28.9 Å². The Balaban J connectivity index is 1.97. The van der Waals surface area contributed by atoms with Gasteiger partial charge in [-0.05, 0) is 31.2 Å². The van der Waals surface area contributed by atoms with E-state index in [4.69, 9.17) is 11.5 Å². The average Bonchev–Trinajstić information content (AvgIpc) is 2.47. The lowest BCUT2D eigenvalue weighted by molar-refractivity contribution is -0.115. The molecule has 9 nitrogen and oxygen atoms in total. The molecule has 6 N–H and O–H groups in total. The van der Waals surface area contributed by atoms with Gasteiger partial charge in [-0.1, -0.05) is 11.8 Å². The van der Waals surface area contributed by atoms with Gasteiger partial charge in [0.2, 0.25) is 23.7 Å². The molecule has 10 heteroatoms. The maximum absolute atomic E-state index is 12.2. The molecule has 1 atom stereocenters.